The van der Waals surface area contributed by atoms with Crippen molar-refractivity contribution >= 4 is 17.4 Å². The average Bonchev–Trinajstić information content (AvgIpc) is 3.20. The summed E-state index contributed by atoms with van der Waals surface area (Å²) in [6.07, 6.45) is -4.77. The lowest BCUT2D eigenvalue weighted by Crippen LogP contribution is -2.35. The summed E-state index contributed by atoms with van der Waals surface area (Å²) in [5.74, 6) is 0.196. The van der Waals surface area contributed by atoms with Gasteiger partial charge in [0.1, 0.15) is 11.6 Å². The van der Waals surface area contributed by atoms with E-state index in [1.807, 2.05) is 19.9 Å². The molecule has 0 saturated carbocycles. The maximum atomic E-state index is 13.9. The molecule has 1 aromatic heterocycles. The van der Waals surface area contributed by atoms with Crippen molar-refractivity contribution in [1.82, 2.24) is 9.78 Å². The second-order valence-electron chi connectivity index (χ2n) is 7.82. The Morgan fingerprint density at radius 2 is 1.91 bits per heavy atom. The fraction of sp³-hybridized carbons (Fsp3) is 0.304. The van der Waals surface area contributed by atoms with Gasteiger partial charge in [0.2, 0.25) is 0 Å². The molecule has 6 nitrogen and oxygen atoms in total. The number of fused-ring (bicyclic) bond motifs is 1. The quantitative estimate of drug-likeness (QED) is 0.564. The summed E-state index contributed by atoms with van der Waals surface area (Å²) >= 11 is 0. The number of rotatable bonds is 4. The topological polar surface area (TPSA) is 68.2 Å². The van der Waals surface area contributed by atoms with Crippen LogP contribution in [0.3, 0.4) is 0 Å². The van der Waals surface area contributed by atoms with Gasteiger partial charge in [-0.3, -0.25) is 4.79 Å². The van der Waals surface area contributed by atoms with Crippen LogP contribution in [-0.2, 0) is 0 Å². The van der Waals surface area contributed by atoms with Crippen molar-refractivity contribution in [2.75, 3.05) is 17.7 Å². The maximum absolute atomic E-state index is 13.9. The number of carbonyl (C=O) groups excluding carboxylic acids is 1. The van der Waals surface area contributed by atoms with E-state index in [4.69, 9.17) is 4.74 Å². The largest absolute Gasteiger partial charge is 0.497 e. The van der Waals surface area contributed by atoms with Gasteiger partial charge in [0.15, 0.2) is 11.7 Å². The number of amides is 1. The van der Waals surface area contributed by atoms with E-state index in [9.17, 15) is 18.0 Å². The van der Waals surface area contributed by atoms with Crippen LogP contribution in [0.5, 0.6) is 5.75 Å². The predicted octanol–water partition coefficient (Wildman–Crippen LogP) is 5.42. The zero-order valence-electron chi connectivity index (χ0n) is 17.8. The average molecular weight is 444 g/mol. The predicted molar refractivity (Wildman–Crippen MR) is 115 cm³/mol. The number of alkyl halides is 3. The van der Waals surface area contributed by atoms with Gasteiger partial charge in [0.25, 0.3) is 5.91 Å². The molecule has 0 radical (unpaired) electrons. The molecule has 168 valence electrons. The van der Waals surface area contributed by atoms with E-state index in [0.29, 0.717) is 17.0 Å². The number of hydrogen-bond acceptors (Lipinski definition) is 4. The molecule has 0 aliphatic carbocycles. The Labute approximate surface area is 183 Å². The van der Waals surface area contributed by atoms with Crippen molar-refractivity contribution < 1.29 is 22.7 Å². The smallest absolute Gasteiger partial charge is 0.410 e. The highest BCUT2D eigenvalue weighted by Gasteiger charge is 2.46. The summed E-state index contributed by atoms with van der Waals surface area (Å²) in [4.78, 5) is 12.8. The van der Waals surface area contributed by atoms with Gasteiger partial charge in [0.05, 0.1) is 13.2 Å². The molecule has 32 heavy (non-hydrogen) atoms. The van der Waals surface area contributed by atoms with E-state index in [1.165, 1.54) is 13.2 Å². The van der Waals surface area contributed by atoms with E-state index >= 15 is 0 Å². The number of aromatic nitrogens is 2. The number of ether oxygens (including phenoxy) is 1. The van der Waals surface area contributed by atoms with Gasteiger partial charge < -0.3 is 15.4 Å². The van der Waals surface area contributed by atoms with Gasteiger partial charge in [-0.15, -0.1) is 0 Å². The highest BCUT2D eigenvalue weighted by molar-refractivity contribution is 6.03. The lowest BCUT2D eigenvalue weighted by Gasteiger charge is -2.33. The number of nitrogens with zero attached hydrogens (tertiary/aromatic N) is 2. The SMILES string of the molecule is COc1ccc(C2CC(C(F)(F)F)n3nc(C(=O)Nc4cccc(C)c4C)cc3N2)cc1. The molecule has 0 spiro atoms. The monoisotopic (exact) mass is 444 g/mol. The Hall–Kier alpha value is -3.49. The number of anilines is 2. The molecular formula is C23H23F3N4O2. The van der Waals surface area contributed by atoms with Crippen LogP contribution in [-0.4, -0.2) is 29.0 Å². The summed E-state index contributed by atoms with van der Waals surface area (Å²) in [5.41, 5.74) is 3.08. The molecule has 2 heterocycles. The zero-order valence-corrected chi connectivity index (χ0v) is 17.8. The second-order valence-corrected chi connectivity index (χ2v) is 7.82. The number of methoxy groups -OCH3 is 1. The number of hydrogen-bond donors (Lipinski definition) is 2. The molecule has 9 heteroatoms. The number of halogens is 3. The Balaban J connectivity index is 1.64. The van der Waals surface area contributed by atoms with Crippen LogP contribution in [0.2, 0.25) is 0 Å². The normalized spacial score (nSPS) is 17.9. The minimum Gasteiger partial charge on any atom is -0.497 e. The first kappa shape index (κ1) is 21.7. The lowest BCUT2D eigenvalue weighted by atomic mass is 9.97. The van der Waals surface area contributed by atoms with Crippen LogP contribution >= 0.6 is 0 Å². The summed E-state index contributed by atoms with van der Waals surface area (Å²) in [6, 6.07) is 11.2. The molecular weight excluding hydrogens is 421 g/mol. The molecule has 0 bridgehead atoms. The van der Waals surface area contributed by atoms with Gasteiger partial charge in [-0.05, 0) is 48.7 Å². The van der Waals surface area contributed by atoms with E-state index in [1.54, 1.807) is 36.4 Å². The Kier molecular flexibility index (Phi) is 5.58. The molecule has 0 fully saturated rings. The third-order valence-electron chi connectivity index (χ3n) is 5.79. The van der Waals surface area contributed by atoms with E-state index in [0.717, 1.165) is 15.8 Å². The highest BCUT2D eigenvalue weighted by atomic mass is 19.4. The summed E-state index contributed by atoms with van der Waals surface area (Å²) in [6.45, 7) is 3.78. The number of aryl methyl sites for hydroxylation is 1. The molecule has 1 aliphatic rings. The first-order valence-electron chi connectivity index (χ1n) is 10.1. The fourth-order valence-electron chi connectivity index (χ4n) is 3.81. The molecule has 2 aromatic carbocycles. The summed E-state index contributed by atoms with van der Waals surface area (Å²) in [5, 5.41) is 9.84. The Morgan fingerprint density at radius 1 is 1.19 bits per heavy atom. The minimum atomic E-state index is -4.52. The minimum absolute atomic E-state index is 0.0852. The zero-order chi connectivity index (χ0) is 23.0. The van der Waals surface area contributed by atoms with Crippen molar-refractivity contribution in [3.63, 3.8) is 0 Å². The van der Waals surface area contributed by atoms with Crippen molar-refractivity contribution in [2.24, 2.45) is 0 Å². The third kappa shape index (κ3) is 4.15. The Bertz CT molecular complexity index is 1140. The third-order valence-corrected chi connectivity index (χ3v) is 5.79. The van der Waals surface area contributed by atoms with Crippen LogP contribution in [0.4, 0.5) is 24.7 Å². The first-order valence-corrected chi connectivity index (χ1v) is 10.1. The first-order chi connectivity index (χ1) is 15.2. The van der Waals surface area contributed by atoms with Gasteiger partial charge in [-0.1, -0.05) is 24.3 Å². The molecule has 2 atom stereocenters. The van der Waals surface area contributed by atoms with Crippen LogP contribution in [0.25, 0.3) is 0 Å². The second kappa shape index (κ2) is 8.22. The maximum Gasteiger partial charge on any atom is 0.410 e. The highest BCUT2D eigenvalue weighted by Crippen LogP contribution is 2.43. The standard InChI is InChI=1S/C23H23F3N4O2/c1-13-5-4-6-17(14(13)2)28-22(31)19-12-21-27-18(15-7-9-16(32-3)10-8-15)11-20(23(24,25)26)30(21)29-19/h4-10,12,18,20,27H,11H2,1-3H3,(H,28,31). The molecule has 1 amide bonds. The van der Waals surface area contributed by atoms with E-state index in [-0.39, 0.29) is 17.9 Å². The van der Waals surface area contributed by atoms with Gasteiger partial charge >= 0.3 is 6.18 Å². The fourth-order valence-corrected chi connectivity index (χ4v) is 3.81. The van der Waals surface area contributed by atoms with E-state index in [2.05, 4.69) is 15.7 Å². The molecule has 0 saturated heterocycles. The van der Waals surface area contributed by atoms with Crippen LogP contribution in [0.1, 0.15) is 45.7 Å². The number of carbonyl (C=O) groups is 1. The van der Waals surface area contributed by atoms with Crippen molar-refractivity contribution in [3.05, 3.63) is 70.9 Å². The van der Waals surface area contributed by atoms with Gasteiger partial charge in [-0.25, -0.2) is 4.68 Å². The van der Waals surface area contributed by atoms with Gasteiger partial charge in [-0.2, -0.15) is 18.3 Å². The molecule has 1 aliphatic heterocycles. The van der Waals surface area contributed by atoms with Crippen LogP contribution in [0, 0.1) is 13.8 Å². The van der Waals surface area contributed by atoms with Crippen molar-refractivity contribution in [1.29, 1.82) is 0 Å². The number of benzene rings is 2. The molecule has 3 aromatic rings. The summed E-state index contributed by atoms with van der Waals surface area (Å²) < 4.78 is 47.6. The number of nitrogens with one attached hydrogen (secondary N) is 2. The Morgan fingerprint density at radius 3 is 2.56 bits per heavy atom. The molecule has 4 rings (SSSR count). The van der Waals surface area contributed by atoms with E-state index < -0.39 is 24.2 Å². The molecule has 2 N–H and O–H groups in total. The van der Waals surface area contributed by atoms with Crippen molar-refractivity contribution in [3.8, 4) is 5.75 Å². The van der Waals surface area contributed by atoms with Gasteiger partial charge in [0, 0.05) is 18.2 Å². The summed E-state index contributed by atoms with van der Waals surface area (Å²) in [7, 11) is 1.52. The lowest BCUT2D eigenvalue weighted by molar-refractivity contribution is -0.173. The molecule has 2 unspecified atom stereocenters. The van der Waals surface area contributed by atoms with Crippen molar-refractivity contribution in [2.45, 2.75) is 38.5 Å². The van der Waals surface area contributed by atoms with Crippen LogP contribution in [0.15, 0.2) is 48.5 Å². The van der Waals surface area contributed by atoms with Crippen LogP contribution < -0.4 is 15.4 Å².